The normalized spacial score (nSPS) is 10.2. The molecule has 0 aliphatic rings. The van der Waals surface area contributed by atoms with Crippen molar-refractivity contribution in [3.63, 3.8) is 0 Å². The summed E-state index contributed by atoms with van der Waals surface area (Å²) in [4.78, 5) is 0. The number of aryl methyl sites for hydroxylation is 1. The van der Waals surface area contributed by atoms with Crippen LogP contribution in [0.15, 0.2) is 42.5 Å². The van der Waals surface area contributed by atoms with E-state index >= 15 is 0 Å². The number of anilines is 1. The molecular weight excluding hydrogens is 246 g/mol. The average molecular weight is 262 g/mol. The first-order valence-corrected chi connectivity index (χ1v) is 6.20. The Balaban J connectivity index is 2.04. The second-order valence-corrected chi connectivity index (χ2v) is 4.60. The fourth-order valence-corrected chi connectivity index (χ4v) is 2.06. The number of hydrogen-bond donors (Lipinski definition) is 1. The molecule has 0 aliphatic heterocycles. The zero-order chi connectivity index (χ0) is 13.0. The van der Waals surface area contributed by atoms with Gasteiger partial charge in [0.1, 0.15) is 5.75 Å². The van der Waals surface area contributed by atoms with Crippen molar-refractivity contribution in [2.75, 3.05) is 12.4 Å². The molecule has 0 heterocycles. The topological polar surface area (TPSA) is 21.3 Å². The summed E-state index contributed by atoms with van der Waals surface area (Å²) in [5.74, 6) is 0.692. The Morgan fingerprint density at radius 3 is 2.67 bits per heavy atom. The maximum absolute atomic E-state index is 6.07. The van der Waals surface area contributed by atoms with E-state index in [4.69, 9.17) is 16.3 Å². The van der Waals surface area contributed by atoms with Crippen LogP contribution in [0.4, 0.5) is 5.69 Å². The molecule has 0 saturated carbocycles. The van der Waals surface area contributed by atoms with E-state index in [0.29, 0.717) is 10.8 Å². The first-order valence-electron chi connectivity index (χ1n) is 5.82. The van der Waals surface area contributed by atoms with Crippen molar-refractivity contribution in [3.05, 3.63) is 58.6 Å². The minimum atomic E-state index is 0.617. The quantitative estimate of drug-likeness (QED) is 0.888. The standard InChI is InChI=1S/C15H16ClNO/c1-11-4-3-5-12(8-11)10-17-13-6-7-15(18-2)14(16)9-13/h3-9,17H,10H2,1-2H3. The van der Waals surface area contributed by atoms with Crippen LogP contribution in [-0.4, -0.2) is 7.11 Å². The number of ether oxygens (including phenoxy) is 1. The van der Waals surface area contributed by atoms with Crippen LogP contribution in [0.2, 0.25) is 5.02 Å². The van der Waals surface area contributed by atoms with E-state index in [0.717, 1.165) is 12.2 Å². The molecule has 94 valence electrons. The molecule has 18 heavy (non-hydrogen) atoms. The van der Waals surface area contributed by atoms with Gasteiger partial charge in [-0.3, -0.25) is 0 Å². The third-order valence-electron chi connectivity index (χ3n) is 2.73. The Bertz CT molecular complexity index is 540. The van der Waals surface area contributed by atoms with Crippen LogP contribution in [0.25, 0.3) is 0 Å². The van der Waals surface area contributed by atoms with Gasteiger partial charge in [0, 0.05) is 12.2 Å². The molecule has 0 unspecified atom stereocenters. The highest BCUT2D eigenvalue weighted by molar-refractivity contribution is 6.32. The SMILES string of the molecule is COc1ccc(NCc2cccc(C)c2)cc1Cl. The van der Waals surface area contributed by atoms with Crippen molar-refractivity contribution in [2.45, 2.75) is 13.5 Å². The summed E-state index contributed by atoms with van der Waals surface area (Å²) in [6.07, 6.45) is 0. The van der Waals surface area contributed by atoms with Crippen molar-refractivity contribution in [1.29, 1.82) is 0 Å². The minimum absolute atomic E-state index is 0.617. The van der Waals surface area contributed by atoms with Crippen LogP contribution >= 0.6 is 11.6 Å². The summed E-state index contributed by atoms with van der Waals surface area (Å²) >= 11 is 6.07. The maximum Gasteiger partial charge on any atom is 0.137 e. The molecule has 2 rings (SSSR count). The van der Waals surface area contributed by atoms with Gasteiger partial charge in [0.15, 0.2) is 0 Å². The van der Waals surface area contributed by atoms with Gasteiger partial charge in [0.25, 0.3) is 0 Å². The van der Waals surface area contributed by atoms with E-state index in [-0.39, 0.29) is 0 Å². The molecule has 0 radical (unpaired) electrons. The van der Waals surface area contributed by atoms with E-state index in [2.05, 4.69) is 36.5 Å². The number of benzene rings is 2. The zero-order valence-electron chi connectivity index (χ0n) is 10.5. The predicted molar refractivity (Wildman–Crippen MR) is 76.5 cm³/mol. The molecule has 0 spiro atoms. The second kappa shape index (κ2) is 5.78. The first-order chi connectivity index (χ1) is 8.69. The van der Waals surface area contributed by atoms with Crippen LogP contribution in [-0.2, 0) is 6.54 Å². The molecule has 0 fully saturated rings. The van der Waals surface area contributed by atoms with Gasteiger partial charge >= 0.3 is 0 Å². The summed E-state index contributed by atoms with van der Waals surface area (Å²) in [6, 6.07) is 14.1. The summed E-state index contributed by atoms with van der Waals surface area (Å²) in [5.41, 5.74) is 3.51. The number of nitrogens with one attached hydrogen (secondary N) is 1. The van der Waals surface area contributed by atoms with Crippen molar-refractivity contribution in [3.8, 4) is 5.75 Å². The van der Waals surface area contributed by atoms with E-state index < -0.39 is 0 Å². The van der Waals surface area contributed by atoms with Crippen molar-refractivity contribution >= 4 is 17.3 Å². The Kier molecular flexibility index (Phi) is 4.11. The third-order valence-corrected chi connectivity index (χ3v) is 3.03. The molecule has 2 aromatic carbocycles. The third kappa shape index (κ3) is 3.17. The van der Waals surface area contributed by atoms with E-state index in [1.54, 1.807) is 7.11 Å². The Morgan fingerprint density at radius 1 is 1.17 bits per heavy atom. The van der Waals surface area contributed by atoms with Crippen molar-refractivity contribution in [1.82, 2.24) is 0 Å². The van der Waals surface area contributed by atoms with Gasteiger partial charge in [-0.25, -0.2) is 0 Å². The number of hydrogen-bond acceptors (Lipinski definition) is 2. The zero-order valence-corrected chi connectivity index (χ0v) is 11.3. The largest absolute Gasteiger partial charge is 0.495 e. The van der Waals surface area contributed by atoms with Crippen LogP contribution in [0.1, 0.15) is 11.1 Å². The Morgan fingerprint density at radius 2 is 2.00 bits per heavy atom. The summed E-state index contributed by atoms with van der Waals surface area (Å²) in [7, 11) is 1.61. The smallest absolute Gasteiger partial charge is 0.137 e. The molecule has 2 aromatic rings. The lowest BCUT2D eigenvalue weighted by Gasteiger charge is -2.09. The molecule has 0 aliphatic carbocycles. The molecule has 2 nitrogen and oxygen atoms in total. The van der Waals surface area contributed by atoms with Gasteiger partial charge in [-0.1, -0.05) is 41.4 Å². The van der Waals surface area contributed by atoms with Gasteiger partial charge in [-0.15, -0.1) is 0 Å². The van der Waals surface area contributed by atoms with Gasteiger partial charge in [-0.05, 0) is 30.7 Å². The predicted octanol–water partition coefficient (Wildman–Crippen LogP) is 4.27. The number of rotatable bonds is 4. The molecule has 0 bridgehead atoms. The van der Waals surface area contributed by atoms with Crippen molar-refractivity contribution < 1.29 is 4.74 Å². The molecule has 0 saturated heterocycles. The van der Waals surface area contributed by atoms with E-state index in [1.165, 1.54) is 11.1 Å². The first kappa shape index (κ1) is 12.8. The Hall–Kier alpha value is -1.67. The highest BCUT2D eigenvalue weighted by Gasteiger charge is 2.01. The second-order valence-electron chi connectivity index (χ2n) is 4.19. The molecule has 0 aromatic heterocycles. The lowest BCUT2D eigenvalue weighted by atomic mass is 10.1. The van der Waals surface area contributed by atoms with Crippen LogP contribution in [0.5, 0.6) is 5.75 Å². The van der Waals surface area contributed by atoms with Gasteiger partial charge in [-0.2, -0.15) is 0 Å². The van der Waals surface area contributed by atoms with Gasteiger partial charge < -0.3 is 10.1 Å². The Labute approximate surface area is 113 Å². The molecule has 0 amide bonds. The van der Waals surface area contributed by atoms with Gasteiger partial charge in [0.05, 0.1) is 12.1 Å². The summed E-state index contributed by atoms with van der Waals surface area (Å²) < 4.78 is 5.12. The monoisotopic (exact) mass is 261 g/mol. The van der Waals surface area contributed by atoms with Gasteiger partial charge in [0.2, 0.25) is 0 Å². The average Bonchev–Trinajstić information content (AvgIpc) is 2.37. The lowest BCUT2D eigenvalue weighted by molar-refractivity contribution is 0.415. The molecular formula is C15H16ClNO. The van der Waals surface area contributed by atoms with E-state index in [9.17, 15) is 0 Å². The fraction of sp³-hybridized carbons (Fsp3) is 0.200. The molecule has 1 N–H and O–H groups in total. The highest BCUT2D eigenvalue weighted by Crippen LogP contribution is 2.27. The summed E-state index contributed by atoms with van der Waals surface area (Å²) in [5, 5.41) is 3.96. The van der Waals surface area contributed by atoms with Crippen LogP contribution in [0.3, 0.4) is 0 Å². The molecule has 0 atom stereocenters. The lowest BCUT2D eigenvalue weighted by Crippen LogP contribution is -1.99. The van der Waals surface area contributed by atoms with Crippen molar-refractivity contribution in [2.24, 2.45) is 0 Å². The number of halogens is 1. The van der Waals surface area contributed by atoms with Crippen LogP contribution < -0.4 is 10.1 Å². The summed E-state index contributed by atoms with van der Waals surface area (Å²) in [6.45, 7) is 2.87. The number of methoxy groups -OCH3 is 1. The molecule has 3 heteroatoms. The van der Waals surface area contributed by atoms with Crippen LogP contribution in [0, 0.1) is 6.92 Å². The highest BCUT2D eigenvalue weighted by atomic mass is 35.5. The maximum atomic E-state index is 6.07. The minimum Gasteiger partial charge on any atom is -0.495 e. The van der Waals surface area contributed by atoms with E-state index in [1.807, 2.05) is 18.2 Å². The fourth-order valence-electron chi connectivity index (χ4n) is 1.80.